The van der Waals surface area contributed by atoms with Gasteiger partial charge in [0, 0.05) is 13.0 Å². The Labute approximate surface area is 139 Å². The molecule has 122 valence electrons. The number of esters is 1. The number of amides is 2. The van der Waals surface area contributed by atoms with Crippen molar-refractivity contribution in [2.45, 2.75) is 19.8 Å². The van der Waals surface area contributed by atoms with Crippen LogP contribution in [0.4, 0.5) is 5.69 Å². The summed E-state index contributed by atoms with van der Waals surface area (Å²) < 4.78 is 5.08. The average molecular weight is 323 g/mol. The molecular formula is C19H17NO4. The topological polar surface area (TPSA) is 63.7 Å². The number of imide groups is 1. The minimum absolute atomic E-state index is 0.104. The van der Waals surface area contributed by atoms with E-state index in [1.165, 1.54) is 11.8 Å². The number of ether oxygens (including phenoxy) is 1. The molecule has 1 saturated heterocycles. The van der Waals surface area contributed by atoms with Crippen LogP contribution in [0.25, 0.3) is 0 Å². The summed E-state index contributed by atoms with van der Waals surface area (Å²) in [5.41, 5.74) is 0.689. The number of hydrogen-bond donors (Lipinski definition) is 0. The lowest BCUT2D eigenvalue weighted by molar-refractivity contribution is -0.132. The molecule has 3 fully saturated rings. The highest BCUT2D eigenvalue weighted by atomic mass is 16.5. The third kappa shape index (κ3) is 1.57. The van der Waals surface area contributed by atoms with Gasteiger partial charge in [-0.05, 0) is 42.2 Å². The first-order valence-electron chi connectivity index (χ1n) is 8.37. The predicted molar refractivity (Wildman–Crippen MR) is 85.0 cm³/mol. The molecule has 4 atom stereocenters. The van der Waals surface area contributed by atoms with Crippen LogP contribution in [0.15, 0.2) is 36.4 Å². The number of rotatable bonds is 2. The maximum Gasteiger partial charge on any atom is 0.308 e. The van der Waals surface area contributed by atoms with Crippen molar-refractivity contribution < 1.29 is 19.1 Å². The van der Waals surface area contributed by atoms with Crippen molar-refractivity contribution in [1.29, 1.82) is 0 Å². The Kier molecular flexibility index (Phi) is 2.53. The first-order chi connectivity index (χ1) is 11.5. The predicted octanol–water partition coefficient (Wildman–Crippen LogP) is 2.31. The van der Waals surface area contributed by atoms with E-state index in [1.807, 2.05) is 0 Å². The van der Waals surface area contributed by atoms with E-state index in [-0.39, 0.29) is 40.9 Å². The summed E-state index contributed by atoms with van der Waals surface area (Å²) in [7, 11) is 0. The van der Waals surface area contributed by atoms with E-state index >= 15 is 0 Å². The molecule has 4 aliphatic rings. The number of fused-ring (bicyclic) bond motifs is 3. The number of allylic oxidation sites excluding steroid dienone is 2. The summed E-state index contributed by atoms with van der Waals surface area (Å²) in [6, 6.07) is 6.63. The number of carbonyl (C=O) groups is 3. The molecule has 5 heteroatoms. The molecule has 1 aromatic rings. The highest BCUT2D eigenvalue weighted by Crippen LogP contribution is 2.73. The first kappa shape index (κ1) is 14.0. The van der Waals surface area contributed by atoms with Gasteiger partial charge in [-0.2, -0.15) is 0 Å². The van der Waals surface area contributed by atoms with Crippen LogP contribution in [0.2, 0.25) is 0 Å². The van der Waals surface area contributed by atoms with Gasteiger partial charge in [-0.1, -0.05) is 18.2 Å². The Morgan fingerprint density at radius 1 is 1.12 bits per heavy atom. The molecule has 1 aliphatic heterocycles. The van der Waals surface area contributed by atoms with Crippen molar-refractivity contribution in [1.82, 2.24) is 0 Å². The third-order valence-corrected chi connectivity index (χ3v) is 6.19. The SMILES string of the molecule is CC(=O)Oc1cccc(N2C(=O)[C@@H]3[C@@H](C2=O)[C@H]2C=C[C@H]3C23CC3)c1. The van der Waals surface area contributed by atoms with Crippen LogP contribution in [-0.4, -0.2) is 17.8 Å². The van der Waals surface area contributed by atoms with Gasteiger partial charge in [0.15, 0.2) is 0 Å². The standard InChI is InChI=1S/C19H17NO4/c1-10(21)24-12-4-2-3-11(9-12)20-17(22)15-13-5-6-14(16(15)18(20)23)19(13)7-8-19/h2-6,9,13-16H,7-8H2,1H3/t13-,14-,15+,16+/m1/s1. The zero-order valence-electron chi connectivity index (χ0n) is 13.3. The second kappa shape index (κ2) is 4.35. The summed E-state index contributed by atoms with van der Waals surface area (Å²) in [6.07, 6.45) is 6.57. The zero-order valence-corrected chi connectivity index (χ0v) is 13.3. The van der Waals surface area contributed by atoms with E-state index in [0.29, 0.717) is 11.4 Å². The second-order valence-corrected chi connectivity index (χ2v) is 7.32. The fourth-order valence-electron chi connectivity index (χ4n) is 5.18. The van der Waals surface area contributed by atoms with Crippen LogP contribution in [-0.2, 0) is 14.4 Å². The summed E-state index contributed by atoms with van der Waals surface area (Å²) in [5, 5.41) is 0. The maximum absolute atomic E-state index is 13.0. The Morgan fingerprint density at radius 3 is 2.29 bits per heavy atom. The Morgan fingerprint density at radius 2 is 1.75 bits per heavy atom. The molecule has 1 aromatic carbocycles. The van der Waals surface area contributed by atoms with Gasteiger partial charge in [-0.3, -0.25) is 14.4 Å². The molecule has 0 radical (unpaired) electrons. The molecule has 2 saturated carbocycles. The summed E-state index contributed by atoms with van der Waals surface area (Å²) >= 11 is 0. The Hall–Kier alpha value is -2.43. The van der Waals surface area contributed by atoms with Crippen molar-refractivity contribution in [3.05, 3.63) is 36.4 Å². The lowest BCUT2D eigenvalue weighted by Crippen LogP contribution is -2.34. The summed E-state index contributed by atoms with van der Waals surface area (Å²) in [5.74, 6) is -0.296. The summed E-state index contributed by atoms with van der Waals surface area (Å²) in [4.78, 5) is 38.4. The molecule has 0 aromatic heterocycles. The van der Waals surface area contributed by atoms with Crippen LogP contribution < -0.4 is 9.64 Å². The van der Waals surface area contributed by atoms with E-state index in [1.54, 1.807) is 24.3 Å². The highest BCUT2D eigenvalue weighted by molar-refractivity contribution is 6.23. The molecular weight excluding hydrogens is 306 g/mol. The van der Waals surface area contributed by atoms with Gasteiger partial charge in [0.1, 0.15) is 5.75 Å². The number of nitrogens with zero attached hydrogens (tertiary/aromatic N) is 1. The van der Waals surface area contributed by atoms with Crippen LogP contribution in [0.1, 0.15) is 19.8 Å². The fraction of sp³-hybridized carbons (Fsp3) is 0.421. The third-order valence-electron chi connectivity index (χ3n) is 6.19. The number of benzene rings is 1. The van der Waals surface area contributed by atoms with E-state index in [9.17, 15) is 14.4 Å². The molecule has 24 heavy (non-hydrogen) atoms. The quantitative estimate of drug-likeness (QED) is 0.363. The van der Waals surface area contributed by atoms with Crippen LogP contribution >= 0.6 is 0 Å². The van der Waals surface area contributed by atoms with Crippen LogP contribution in [0, 0.1) is 29.1 Å². The van der Waals surface area contributed by atoms with Gasteiger partial charge < -0.3 is 4.74 Å². The molecule has 5 rings (SSSR count). The molecule has 0 unspecified atom stereocenters. The van der Waals surface area contributed by atoms with Gasteiger partial charge in [0.25, 0.3) is 0 Å². The zero-order chi connectivity index (χ0) is 16.6. The van der Waals surface area contributed by atoms with Crippen molar-refractivity contribution in [2.75, 3.05) is 4.90 Å². The monoisotopic (exact) mass is 323 g/mol. The lowest BCUT2D eigenvalue weighted by atomic mass is 9.85. The molecule has 2 bridgehead atoms. The second-order valence-electron chi connectivity index (χ2n) is 7.32. The van der Waals surface area contributed by atoms with E-state index in [2.05, 4.69) is 12.2 Å². The normalized spacial score (nSPS) is 34.1. The minimum atomic E-state index is -0.430. The Bertz CT molecular complexity index is 788. The molecule has 1 heterocycles. The Balaban J connectivity index is 1.51. The smallest absolute Gasteiger partial charge is 0.308 e. The van der Waals surface area contributed by atoms with Crippen molar-refractivity contribution in [3.8, 4) is 5.75 Å². The van der Waals surface area contributed by atoms with Gasteiger partial charge in [0.05, 0.1) is 17.5 Å². The minimum Gasteiger partial charge on any atom is -0.427 e. The number of carbonyl (C=O) groups excluding carboxylic acids is 3. The van der Waals surface area contributed by atoms with Crippen molar-refractivity contribution >= 4 is 23.5 Å². The molecule has 2 amide bonds. The van der Waals surface area contributed by atoms with Gasteiger partial charge >= 0.3 is 5.97 Å². The lowest BCUT2D eigenvalue weighted by Gasteiger charge is -2.22. The first-order valence-corrected chi connectivity index (χ1v) is 8.37. The largest absolute Gasteiger partial charge is 0.427 e. The molecule has 3 aliphatic carbocycles. The van der Waals surface area contributed by atoms with E-state index in [4.69, 9.17) is 4.74 Å². The van der Waals surface area contributed by atoms with E-state index < -0.39 is 5.97 Å². The molecule has 5 nitrogen and oxygen atoms in total. The van der Waals surface area contributed by atoms with Crippen LogP contribution in [0.5, 0.6) is 5.75 Å². The van der Waals surface area contributed by atoms with E-state index in [0.717, 1.165) is 12.8 Å². The van der Waals surface area contributed by atoms with Crippen molar-refractivity contribution in [2.24, 2.45) is 29.1 Å². The number of hydrogen-bond acceptors (Lipinski definition) is 4. The van der Waals surface area contributed by atoms with Gasteiger partial charge in [-0.15, -0.1) is 0 Å². The van der Waals surface area contributed by atoms with Crippen molar-refractivity contribution in [3.63, 3.8) is 0 Å². The average Bonchev–Trinajstić information content (AvgIpc) is 3.12. The fourth-order valence-corrected chi connectivity index (χ4v) is 5.18. The molecule has 0 N–H and O–H groups in total. The highest BCUT2D eigenvalue weighted by Gasteiger charge is 2.73. The number of anilines is 1. The molecule has 1 spiro atoms. The van der Waals surface area contributed by atoms with Gasteiger partial charge in [0.2, 0.25) is 11.8 Å². The summed E-state index contributed by atoms with van der Waals surface area (Å²) in [6.45, 7) is 1.32. The maximum atomic E-state index is 13.0. The van der Waals surface area contributed by atoms with Crippen LogP contribution in [0.3, 0.4) is 0 Å². The van der Waals surface area contributed by atoms with Gasteiger partial charge in [-0.25, -0.2) is 4.90 Å².